The molecule has 0 bridgehead atoms. The Morgan fingerprint density at radius 2 is 2.27 bits per heavy atom. The molecule has 0 fully saturated rings. The fourth-order valence-corrected chi connectivity index (χ4v) is 1.50. The standard InChI is InChI=1S/C10H15BrN2O2/c1-12-5-6-15-9-4-3-8(7-11)10(13-9)14-2/h3-4,12H,5-7H2,1-2H3. The molecule has 0 radical (unpaired) electrons. The molecular formula is C10H15BrN2O2. The molecule has 15 heavy (non-hydrogen) atoms. The number of likely N-dealkylation sites (N-methyl/N-ethyl adjacent to an activating group) is 1. The number of methoxy groups -OCH3 is 1. The highest BCUT2D eigenvalue weighted by atomic mass is 79.9. The molecule has 0 aliphatic rings. The van der Waals surface area contributed by atoms with E-state index in [0.29, 0.717) is 18.4 Å². The second-order valence-electron chi connectivity index (χ2n) is 2.90. The summed E-state index contributed by atoms with van der Waals surface area (Å²) in [5, 5.41) is 3.72. The summed E-state index contributed by atoms with van der Waals surface area (Å²) in [5.41, 5.74) is 1.01. The van der Waals surface area contributed by atoms with E-state index in [1.165, 1.54) is 0 Å². The number of hydrogen-bond donors (Lipinski definition) is 1. The van der Waals surface area contributed by atoms with Crippen molar-refractivity contribution < 1.29 is 9.47 Å². The number of halogens is 1. The Labute approximate surface area is 98.1 Å². The molecule has 0 spiro atoms. The second kappa shape index (κ2) is 6.63. The van der Waals surface area contributed by atoms with E-state index in [1.807, 2.05) is 19.2 Å². The molecule has 1 aromatic heterocycles. The fourth-order valence-electron chi connectivity index (χ4n) is 1.07. The summed E-state index contributed by atoms with van der Waals surface area (Å²) in [5.74, 6) is 1.20. The van der Waals surface area contributed by atoms with Gasteiger partial charge in [-0.2, -0.15) is 4.98 Å². The maximum absolute atomic E-state index is 5.42. The zero-order valence-corrected chi connectivity index (χ0v) is 10.5. The van der Waals surface area contributed by atoms with Gasteiger partial charge < -0.3 is 14.8 Å². The number of nitrogens with one attached hydrogen (secondary N) is 1. The van der Waals surface area contributed by atoms with Gasteiger partial charge in [0.15, 0.2) is 0 Å². The van der Waals surface area contributed by atoms with Crippen molar-refractivity contribution in [2.75, 3.05) is 27.3 Å². The molecule has 1 rings (SSSR count). The van der Waals surface area contributed by atoms with Crippen LogP contribution >= 0.6 is 15.9 Å². The first-order chi connectivity index (χ1) is 7.31. The highest BCUT2D eigenvalue weighted by Crippen LogP contribution is 2.21. The van der Waals surface area contributed by atoms with Crippen molar-refractivity contribution >= 4 is 15.9 Å². The lowest BCUT2D eigenvalue weighted by atomic mass is 10.3. The van der Waals surface area contributed by atoms with Crippen molar-refractivity contribution in [3.63, 3.8) is 0 Å². The average molecular weight is 275 g/mol. The van der Waals surface area contributed by atoms with Gasteiger partial charge in [-0.25, -0.2) is 0 Å². The zero-order chi connectivity index (χ0) is 11.1. The Kier molecular flexibility index (Phi) is 5.42. The van der Waals surface area contributed by atoms with Gasteiger partial charge in [-0.3, -0.25) is 0 Å². The Hall–Kier alpha value is -0.810. The Morgan fingerprint density at radius 3 is 2.87 bits per heavy atom. The molecule has 0 aromatic carbocycles. The van der Waals surface area contributed by atoms with E-state index < -0.39 is 0 Å². The molecule has 4 nitrogen and oxygen atoms in total. The van der Waals surface area contributed by atoms with Crippen LogP contribution in [-0.2, 0) is 5.33 Å². The van der Waals surface area contributed by atoms with Crippen LogP contribution in [0.3, 0.4) is 0 Å². The van der Waals surface area contributed by atoms with Gasteiger partial charge in [0.2, 0.25) is 11.8 Å². The first-order valence-corrected chi connectivity index (χ1v) is 5.81. The molecule has 0 aliphatic carbocycles. The third-order valence-corrected chi connectivity index (χ3v) is 2.46. The van der Waals surface area contributed by atoms with Gasteiger partial charge in [0.05, 0.1) is 7.11 Å². The van der Waals surface area contributed by atoms with Crippen LogP contribution in [0.2, 0.25) is 0 Å². The van der Waals surface area contributed by atoms with E-state index in [-0.39, 0.29) is 0 Å². The molecule has 0 amide bonds. The predicted octanol–water partition coefficient (Wildman–Crippen LogP) is 1.58. The van der Waals surface area contributed by atoms with Crippen LogP contribution < -0.4 is 14.8 Å². The molecule has 5 heteroatoms. The normalized spacial score (nSPS) is 10.1. The largest absolute Gasteiger partial charge is 0.481 e. The fraction of sp³-hybridized carbons (Fsp3) is 0.500. The van der Waals surface area contributed by atoms with E-state index in [4.69, 9.17) is 9.47 Å². The van der Waals surface area contributed by atoms with Crippen molar-refractivity contribution in [2.45, 2.75) is 5.33 Å². The summed E-state index contributed by atoms with van der Waals surface area (Å²) in [6.07, 6.45) is 0. The summed E-state index contributed by atoms with van der Waals surface area (Å²) in [4.78, 5) is 4.23. The van der Waals surface area contributed by atoms with E-state index in [0.717, 1.165) is 17.4 Å². The number of alkyl halides is 1. The maximum Gasteiger partial charge on any atom is 0.220 e. The molecule has 84 valence electrons. The van der Waals surface area contributed by atoms with Crippen LogP contribution in [0.1, 0.15) is 5.56 Å². The molecule has 1 heterocycles. The summed E-state index contributed by atoms with van der Waals surface area (Å²) in [6.45, 7) is 1.39. The number of rotatable bonds is 6. The van der Waals surface area contributed by atoms with Crippen molar-refractivity contribution in [3.8, 4) is 11.8 Å². The number of ether oxygens (including phenoxy) is 2. The van der Waals surface area contributed by atoms with E-state index in [2.05, 4.69) is 26.2 Å². The molecular weight excluding hydrogens is 260 g/mol. The summed E-state index contributed by atoms with van der Waals surface area (Å²) < 4.78 is 10.6. The van der Waals surface area contributed by atoms with Gasteiger partial charge in [0.25, 0.3) is 0 Å². The first-order valence-electron chi connectivity index (χ1n) is 4.69. The van der Waals surface area contributed by atoms with Crippen molar-refractivity contribution in [3.05, 3.63) is 17.7 Å². The molecule has 0 aliphatic heterocycles. The smallest absolute Gasteiger partial charge is 0.220 e. The van der Waals surface area contributed by atoms with Crippen molar-refractivity contribution in [2.24, 2.45) is 0 Å². The van der Waals surface area contributed by atoms with Crippen LogP contribution in [0, 0.1) is 0 Å². The molecule has 1 N–H and O–H groups in total. The number of pyridine rings is 1. The van der Waals surface area contributed by atoms with Gasteiger partial charge in [-0.15, -0.1) is 0 Å². The minimum absolute atomic E-state index is 0.590. The summed E-state index contributed by atoms with van der Waals surface area (Å²) in [6, 6.07) is 3.78. The molecule has 0 unspecified atom stereocenters. The molecule has 0 saturated heterocycles. The topological polar surface area (TPSA) is 43.4 Å². The number of nitrogens with zero attached hydrogens (tertiary/aromatic N) is 1. The van der Waals surface area contributed by atoms with E-state index >= 15 is 0 Å². The lowest BCUT2D eigenvalue weighted by Crippen LogP contribution is -2.16. The van der Waals surface area contributed by atoms with Crippen LogP contribution in [0.4, 0.5) is 0 Å². The second-order valence-corrected chi connectivity index (χ2v) is 3.46. The van der Waals surface area contributed by atoms with Crippen LogP contribution in [0.25, 0.3) is 0 Å². The summed E-state index contributed by atoms with van der Waals surface area (Å²) in [7, 11) is 3.48. The molecule has 1 aromatic rings. The Morgan fingerprint density at radius 1 is 1.47 bits per heavy atom. The van der Waals surface area contributed by atoms with Crippen molar-refractivity contribution in [1.29, 1.82) is 0 Å². The van der Waals surface area contributed by atoms with E-state index in [9.17, 15) is 0 Å². The summed E-state index contributed by atoms with van der Waals surface area (Å²) >= 11 is 3.37. The van der Waals surface area contributed by atoms with Gasteiger partial charge in [-0.05, 0) is 13.1 Å². The highest BCUT2D eigenvalue weighted by Gasteiger charge is 2.05. The highest BCUT2D eigenvalue weighted by molar-refractivity contribution is 9.08. The Bertz CT molecular complexity index is 307. The maximum atomic E-state index is 5.42. The minimum atomic E-state index is 0.590. The van der Waals surface area contributed by atoms with E-state index in [1.54, 1.807) is 7.11 Å². The third-order valence-electron chi connectivity index (χ3n) is 1.85. The van der Waals surface area contributed by atoms with Gasteiger partial charge in [0, 0.05) is 23.5 Å². The molecule has 0 saturated carbocycles. The molecule has 0 atom stereocenters. The van der Waals surface area contributed by atoms with Gasteiger partial charge in [-0.1, -0.05) is 15.9 Å². The van der Waals surface area contributed by atoms with Crippen molar-refractivity contribution in [1.82, 2.24) is 10.3 Å². The number of aromatic nitrogens is 1. The monoisotopic (exact) mass is 274 g/mol. The average Bonchev–Trinajstić information content (AvgIpc) is 2.29. The minimum Gasteiger partial charge on any atom is -0.481 e. The van der Waals surface area contributed by atoms with Gasteiger partial charge >= 0.3 is 0 Å². The lowest BCUT2D eigenvalue weighted by Gasteiger charge is -2.08. The van der Waals surface area contributed by atoms with Crippen LogP contribution in [0.15, 0.2) is 12.1 Å². The predicted molar refractivity (Wildman–Crippen MR) is 62.8 cm³/mol. The Balaban J connectivity index is 2.66. The van der Waals surface area contributed by atoms with Crippen LogP contribution in [0.5, 0.6) is 11.8 Å². The van der Waals surface area contributed by atoms with Crippen LogP contribution in [-0.4, -0.2) is 32.3 Å². The quantitative estimate of drug-likeness (QED) is 0.632. The van der Waals surface area contributed by atoms with Gasteiger partial charge in [0.1, 0.15) is 6.61 Å². The first kappa shape index (κ1) is 12.3. The SMILES string of the molecule is CNCCOc1ccc(CBr)c(OC)n1. The third kappa shape index (κ3) is 3.68. The number of hydrogen-bond acceptors (Lipinski definition) is 4. The lowest BCUT2D eigenvalue weighted by molar-refractivity contribution is 0.298. The zero-order valence-electron chi connectivity index (χ0n) is 8.92.